The fourth-order valence-corrected chi connectivity index (χ4v) is 1.55. The van der Waals surface area contributed by atoms with E-state index in [0.29, 0.717) is 12.8 Å². The van der Waals surface area contributed by atoms with Crippen molar-refractivity contribution in [2.75, 3.05) is 6.61 Å². The van der Waals surface area contributed by atoms with Gasteiger partial charge >= 0.3 is 0 Å². The molecule has 1 fully saturated rings. The molecule has 0 heterocycles. The first-order valence-corrected chi connectivity index (χ1v) is 3.82. The largest absolute Gasteiger partial charge is 0.394 e. The van der Waals surface area contributed by atoms with Gasteiger partial charge < -0.3 is 20.4 Å². The lowest BCUT2D eigenvalue weighted by molar-refractivity contribution is -0.0361. The Morgan fingerprint density at radius 1 is 1.27 bits per heavy atom. The van der Waals surface area contributed by atoms with Crippen LogP contribution >= 0.6 is 0 Å². The van der Waals surface area contributed by atoms with Crippen LogP contribution in [0.4, 0.5) is 0 Å². The summed E-state index contributed by atoms with van der Waals surface area (Å²) in [6, 6.07) is 0. The zero-order valence-corrected chi connectivity index (χ0v) is 6.22. The molecule has 0 aromatic heterocycles. The van der Waals surface area contributed by atoms with E-state index in [1.165, 1.54) is 0 Å². The first-order chi connectivity index (χ1) is 5.16. The summed E-state index contributed by atoms with van der Waals surface area (Å²) >= 11 is 0. The van der Waals surface area contributed by atoms with Gasteiger partial charge in [0.25, 0.3) is 0 Å². The monoisotopic (exact) mass is 162 g/mol. The molecule has 4 nitrogen and oxygen atoms in total. The summed E-state index contributed by atoms with van der Waals surface area (Å²) in [7, 11) is 0. The van der Waals surface area contributed by atoms with E-state index in [2.05, 4.69) is 0 Å². The highest BCUT2D eigenvalue weighted by molar-refractivity contribution is 4.87. The Kier molecular flexibility index (Phi) is 2.84. The molecule has 66 valence electrons. The van der Waals surface area contributed by atoms with Crippen molar-refractivity contribution in [1.82, 2.24) is 0 Å². The topological polar surface area (TPSA) is 80.9 Å². The molecule has 0 aromatic carbocycles. The van der Waals surface area contributed by atoms with Crippen molar-refractivity contribution in [1.29, 1.82) is 0 Å². The first kappa shape index (κ1) is 8.93. The third kappa shape index (κ3) is 1.70. The van der Waals surface area contributed by atoms with Gasteiger partial charge in [0.15, 0.2) is 0 Å². The summed E-state index contributed by atoms with van der Waals surface area (Å²) in [5.74, 6) is -0.366. The van der Waals surface area contributed by atoms with Crippen LogP contribution in [0.1, 0.15) is 12.8 Å². The fraction of sp³-hybridized carbons (Fsp3) is 1.00. The van der Waals surface area contributed by atoms with Gasteiger partial charge in [-0.05, 0) is 12.8 Å². The lowest BCUT2D eigenvalue weighted by Crippen LogP contribution is -2.34. The third-order valence-electron chi connectivity index (χ3n) is 2.31. The van der Waals surface area contributed by atoms with Gasteiger partial charge in [0.1, 0.15) is 0 Å². The summed E-state index contributed by atoms with van der Waals surface area (Å²) in [6.07, 6.45) is -1.44. The Bertz CT molecular complexity index is 128. The lowest BCUT2D eigenvalue weighted by Gasteiger charge is -2.20. The number of rotatable bonds is 2. The predicted octanol–water partition coefficient (Wildman–Crippen LogP) is -1.53. The van der Waals surface area contributed by atoms with Crippen LogP contribution in [-0.2, 0) is 0 Å². The number of aliphatic hydroxyl groups is 4. The van der Waals surface area contributed by atoms with Crippen LogP contribution in [0.2, 0.25) is 0 Å². The summed E-state index contributed by atoms with van der Waals surface area (Å²) in [5.41, 5.74) is 0. The number of aliphatic hydroxyl groups excluding tert-OH is 4. The predicted molar refractivity (Wildman–Crippen MR) is 37.8 cm³/mol. The molecule has 0 unspecified atom stereocenters. The zero-order chi connectivity index (χ0) is 8.43. The van der Waals surface area contributed by atoms with Crippen molar-refractivity contribution in [2.24, 2.45) is 5.92 Å². The van der Waals surface area contributed by atoms with E-state index in [1.54, 1.807) is 0 Å². The second-order valence-corrected chi connectivity index (χ2v) is 3.05. The van der Waals surface area contributed by atoms with E-state index in [-0.39, 0.29) is 12.5 Å². The normalized spacial score (nSPS) is 40.9. The molecule has 11 heavy (non-hydrogen) atoms. The molecule has 0 bridgehead atoms. The lowest BCUT2D eigenvalue weighted by atomic mass is 9.99. The van der Waals surface area contributed by atoms with Crippen molar-refractivity contribution < 1.29 is 20.4 Å². The Hall–Kier alpha value is -0.160. The van der Waals surface area contributed by atoms with E-state index >= 15 is 0 Å². The second kappa shape index (κ2) is 3.49. The van der Waals surface area contributed by atoms with Crippen LogP contribution in [0.25, 0.3) is 0 Å². The maximum absolute atomic E-state index is 9.24. The Balaban J connectivity index is 2.47. The smallest absolute Gasteiger partial charge is 0.0852 e. The molecule has 0 amide bonds. The molecule has 1 aliphatic rings. The van der Waals surface area contributed by atoms with Crippen LogP contribution in [0, 0.1) is 5.92 Å². The van der Waals surface area contributed by atoms with E-state index in [1.807, 2.05) is 0 Å². The molecule has 0 aliphatic heterocycles. The second-order valence-electron chi connectivity index (χ2n) is 3.05. The number of hydrogen-bond acceptors (Lipinski definition) is 4. The van der Waals surface area contributed by atoms with Gasteiger partial charge in [-0.1, -0.05) is 0 Å². The summed E-state index contributed by atoms with van der Waals surface area (Å²) in [6.45, 7) is -0.353. The Labute approximate surface area is 65.1 Å². The van der Waals surface area contributed by atoms with Gasteiger partial charge in [0, 0.05) is 5.92 Å². The fourth-order valence-electron chi connectivity index (χ4n) is 1.55. The van der Waals surface area contributed by atoms with E-state index < -0.39 is 18.3 Å². The maximum atomic E-state index is 9.24. The third-order valence-corrected chi connectivity index (χ3v) is 2.31. The average Bonchev–Trinajstić information content (AvgIpc) is 2.32. The molecule has 1 aliphatic carbocycles. The SMILES string of the molecule is OC[C@@H](O)[C@H]1CC[C@H](O)[C@H]1O. The Morgan fingerprint density at radius 3 is 2.27 bits per heavy atom. The van der Waals surface area contributed by atoms with Crippen molar-refractivity contribution in [2.45, 2.75) is 31.2 Å². The first-order valence-electron chi connectivity index (χ1n) is 3.82. The average molecular weight is 162 g/mol. The van der Waals surface area contributed by atoms with Gasteiger partial charge in [-0.3, -0.25) is 0 Å². The van der Waals surface area contributed by atoms with Crippen LogP contribution < -0.4 is 0 Å². The number of hydrogen-bond donors (Lipinski definition) is 4. The molecule has 1 saturated carbocycles. The van der Waals surface area contributed by atoms with Crippen LogP contribution in [0.5, 0.6) is 0 Å². The summed E-state index contributed by atoms with van der Waals surface area (Å²) in [5, 5.41) is 36.0. The minimum Gasteiger partial charge on any atom is -0.394 e. The highest BCUT2D eigenvalue weighted by Gasteiger charge is 2.37. The standard InChI is InChI=1S/C7H14O4/c8-3-6(10)4-1-2-5(9)7(4)11/h4-11H,1-3H2/t4-,5+,6-,7+/m1/s1. The molecular weight excluding hydrogens is 148 g/mol. The summed E-state index contributed by atoms with van der Waals surface area (Å²) in [4.78, 5) is 0. The zero-order valence-electron chi connectivity index (χ0n) is 6.22. The van der Waals surface area contributed by atoms with E-state index in [4.69, 9.17) is 15.3 Å². The minimum atomic E-state index is -0.901. The van der Waals surface area contributed by atoms with Crippen LogP contribution in [0.15, 0.2) is 0 Å². The van der Waals surface area contributed by atoms with Gasteiger partial charge in [0.05, 0.1) is 24.9 Å². The molecular formula is C7H14O4. The molecule has 0 radical (unpaired) electrons. The van der Waals surface area contributed by atoms with Gasteiger partial charge in [-0.25, -0.2) is 0 Å². The van der Waals surface area contributed by atoms with Gasteiger partial charge in [-0.2, -0.15) is 0 Å². The van der Waals surface area contributed by atoms with Crippen LogP contribution in [0.3, 0.4) is 0 Å². The molecule has 4 N–H and O–H groups in total. The summed E-state index contributed by atoms with van der Waals surface area (Å²) < 4.78 is 0. The minimum absolute atomic E-state index is 0.353. The van der Waals surface area contributed by atoms with Crippen LogP contribution in [-0.4, -0.2) is 45.3 Å². The van der Waals surface area contributed by atoms with Crippen molar-refractivity contribution >= 4 is 0 Å². The van der Waals surface area contributed by atoms with E-state index in [0.717, 1.165) is 0 Å². The van der Waals surface area contributed by atoms with E-state index in [9.17, 15) is 5.11 Å². The molecule has 0 aromatic rings. The quantitative estimate of drug-likeness (QED) is 0.397. The highest BCUT2D eigenvalue weighted by atomic mass is 16.3. The highest BCUT2D eigenvalue weighted by Crippen LogP contribution is 2.28. The molecule has 0 saturated heterocycles. The van der Waals surface area contributed by atoms with Crippen molar-refractivity contribution in [3.8, 4) is 0 Å². The maximum Gasteiger partial charge on any atom is 0.0852 e. The van der Waals surface area contributed by atoms with Gasteiger partial charge in [-0.15, -0.1) is 0 Å². The Morgan fingerprint density at radius 2 is 1.91 bits per heavy atom. The molecule has 1 rings (SSSR count). The molecule has 4 heteroatoms. The molecule has 0 spiro atoms. The van der Waals surface area contributed by atoms with Crippen molar-refractivity contribution in [3.05, 3.63) is 0 Å². The van der Waals surface area contributed by atoms with Gasteiger partial charge in [0.2, 0.25) is 0 Å². The van der Waals surface area contributed by atoms with Crippen molar-refractivity contribution in [3.63, 3.8) is 0 Å². The molecule has 4 atom stereocenters.